The zero-order valence-corrected chi connectivity index (χ0v) is 16.8. The molecular weight excluding hydrogens is 370 g/mol. The summed E-state index contributed by atoms with van der Waals surface area (Å²) in [5.74, 6) is 0. The third kappa shape index (κ3) is 1.85. The minimum atomic E-state index is 1.28. The topological polar surface area (TPSA) is 4.93 Å². The summed E-state index contributed by atoms with van der Waals surface area (Å²) in [4.78, 5) is 0. The maximum absolute atomic E-state index is 2.34. The van der Waals surface area contributed by atoms with E-state index in [9.17, 15) is 0 Å². The van der Waals surface area contributed by atoms with E-state index in [-0.39, 0.29) is 0 Å². The van der Waals surface area contributed by atoms with Crippen molar-refractivity contribution in [1.82, 2.24) is 4.57 Å². The highest BCUT2D eigenvalue weighted by atomic mass is 32.1. The van der Waals surface area contributed by atoms with Crippen molar-refractivity contribution in [2.45, 2.75) is 0 Å². The molecule has 7 aromatic rings. The zero-order valence-electron chi connectivity index (χ0n) is 15.9. The first kappa shape index (κ1) is 15.5. The molecule has 0 spiro atoms. The van der Waals surface area contributed by atoms with Gasteiger partial charge in [0.1, 0.15) is 0 Å². The average molecular weight is 388 g/mol. The van der Waals surface area contributed by atoms with Gasteiger partial charge in [0.05, 0.1) is 0 Å². The third-order valence-corrected chi connectivity index (χ3v) is 7.52. The Balaban J connectivity index is 1.99. The van der Waals surface area contributed by atoms with Crippen molar-refractivity contribution >= 4 is 74.9 Å². The summed E-state index contributed by atoms with van der Waals surface area (Å²) in [6.07, 6.45) is 0. The molecule has 0 N–H and O–H groups in total. The Bertz CT molecular complexity index is 1760. The van der Waals surface area contributed by atoms with Crippen LogP contribution in [-0.4, -0.2) is 4.57 Å². The van der Waals surface area contributed by atoms with Gasteiger partial charge in [-0.25, -0.2) is 0 Å². The highest BCUT2D eigenvalue weighted by Gasteiger charge is 2.18. The lowest BCUT2D eigenvalue weighted by atomic mass is 9.90. The average Bonchev–Trinajstić information content (AvgIpc) is 2.78. The van der Waals surface area contributed by atoms with Gasteiger partial charge in [-0.05, 0) is 35.0 Å². The molecule has 0 atom stereocenters. The Hall–Kier alpha value is -3.36. The molecule has 0 amide bonds. The van der Waals surface area contributed by atoms with E-state index in [1.165, 1.54) is 63.5 Å². The molecule has 0 unspecified atom stereocenters. The van der Waals surface area contributed by atoms with E-state index < -0.39 is 0 Å². The van der Waals surface area contributed by atoms with E-state index in [2.05, 4.69) is 96.5 Å². The van der Waals surface area contributed by atoms with E-state index in [1.807, 2.05) is 11.3 Å². The first-order valence-corrected chi connectivity index (χ1v) is 10.8. The molecule has 7 rings (SSSR count). The van der Waals surface area contributed by atoms with Crippen LogP contribution >= 0.6 is 11.3 Å². The Morgan fingerprint density at radius 1 is 0.483 bits per heavy atom. The minimum Gasteiger partial charge on any atom is -0.344 e. The molecule has 0 aliphatic carbocycles. The predicted molar refractivity (Wildman–Crippen MR) is 128 cm³/mol. The number of hydrogen-bond donors (Lipinski definition) is 0. The maximum atomic E-state index is 2.34. The normalized spacial score (nSPS) is 12.3. The van der Waals surface area contributed by atoms with Crippen LogP contribution in [0.5, 0.6) is 0 Å². The fourth-order valence-electron chi connectivity index (χ4n) is 5.19. The lowest BCUT2D eigenvalue weighted by Crippen LogP contribution is -1.98. The van der Waals surface area contributed by atoms with Crippen molar-refractivity contribution < 1.29 is 0 Å². The van der Waals surface area contributed by atoms with Crippen molar-refractivity contribution in [3.8, 4) is 0 Å². The van der Waals surface area contributed by atoms with Crippen LogP contribution in [0.2, 0.25) is 0 Å². The molecule has 0 aliphatic rings. The van der Waals surface area contributed by atoms with E-state index >= 15 is 0 Å². The van der Waals surface area contributed by atoms with Crippen LogP contribution in [0, 0.1) is 0 Å². The second-order valence-electron chi connectivity index (χ2n) is 7.80. The van der Waals surface area contributed by atoms with Crippen LogP contribution in [0.1, 0.15) is 0 Å². The highest BCUT2D eigenvalue weighted by molar-refractivity contribution is 7.25. The molecule has 29 heavy (non-hydrogen) atoms. The number of rotatable bonds is 0. The van der Waals surface area contributed by atoms with Gasteiger partial charge in [0.15, 0.2) is 0 Å². The predicted octanol–water partition coefficient (Wildman–Crippen LogP) is 8.01. The van der Waals surface area contributed by atoms with Gasteiger partial charge in [-0.1, -0.05) is 60.7 Å². The number of aromatic nitrogens is 1. The van der Waals surface area contributed by atoms with Crippen LogP contribution < -0.4 is 0 Å². The second-order valence-corrected chi connectivity index (χ2v) is 8.89. The van der Waals surface area contributed by atoms with Crippen LogP contribution in [-0.2, 0) is 7.05 Å². The molecule has 2 aromatic heterocycles. The molecule has 0 saturated heterocycles. The van der Waals surface area contributed by atoms with E-state index in [0.29, 0.717) is 0 Å². The largest absolute Gasteiger partial charge is 0.344 e. The smallest absolute Gasteiger partial charge is 0.0494 e. The molecular formula is C27H17NS. The molecule has 0 saturated carbocycles. The van der Waals surface area contributed by atoms with Crippen molar-refractivity contribution in [3.05, 3.63) is 84.9 Å². The van der Waals surface area contributed by atoms with E-state index in [0.717, 1.165) is 0 Å². The molecule has 5 aromatic carbocycles. The lowest BCUT2D eigenvalue weighted by Gasteiger charge is -2.20. The zero-order chi connectivity index (χ0) is 19.1. The van der Waals surface area contributed by atoms with Gasteiger partial charge in [-0.15, -0.1) is 11.3 Å². The van der Waals surface area contributed by atoms with E-state index in [4.69, 9.17) is 0 Å². The number of benzene rings is 5. The van der Waals surface area contributed by atoms with Gasteiger partial charge in [0.25, 0.3) is 0 Å². The van der Waals surface area contributed by atoms with Crippen molar-refractivity contribution in [1.29, 1.82) is 0 Å². The third-order valence-electron chi connectivity index (χ3n) is 6.38. The molecule has 0 bridgehead atoms. The quantitative estimate of drug-likeness (QED) is 0.183. The fourth-order valence-corrected chi connectivity index (χ4v) is 6.31. The maximum Gasteiger partial charge on any atom is 0.0494 e. The SMILES string of the molecule is Cn1c2ccccc2c2c3cccc4sc5ccccc5c(c5cccc1c52)c43. The van der Waals surface area contributed by atoms with Crippen LogP contribution in [0.4, 0.5) is 0 Å². The molecule has 0 aliphatic heterocycles. The van der Waals surface area contributed by atoms with Crippen LogP contribution in [0.3, 0.4) is 0 Å². The van der Waals surface area contributed by atoms with Crippen LogP contribution in [0.15, 0.2) is 84.9 Å². The van der Waals surface area contributed by atoms with Gasteiger partial charge in [0.2, 0.25) is 0 Å². The standard InChI is InChI=1S/C27H17NS/c1-28-20-12-4-2-8-16(20)24-19-11-7-15-23-27(19)25(17-9-3-5-14-22(17)29-23)18-10-6-13-21(28)26(18)24/h2-15H,1H3. The number of aryl methyl sites for hydroxylation is 1. The van der Waals surface area contributed by atoms with Gasteiger partial charge in [-0.2, -0.15) is 0 Å². The van der Waals surface area contributed by atoms with Gasteiger partial charge < -0.3 is 4.57 Å². The second kappa shape index (κ2) is 5.37. The van der Waals surface area contributed by atoms with E-state index in [1.54, 1.807) is 0 Å². The molecule has 0 radical (unpaired) electrons. The lowest BCUT2D eigenvalue weighted by molar-refractivity contribution is 1.01. The number of hydrogen-bond acceptors (Lipinski definition) is 1. The summed E-state index contributed by atoms with van der Waals surface area (Å²) in [5.41, 5.74) is 2.56. The Labute approximate surface area is 171 Å². The van der Waals surface area contributed by atoms with Gasteiger partial charge >= 0.3 is 0 Å². The number of pyridine rings is 1. The Morgan fingerprint density at radius 2 is 1.07 bits per heavy atom. The molecule has 136 valence electrons. The molecule has 1 nitrogen and oxygen atoms in total. The van der Waals surface area contributed by atoms with Gasteiger partial charge in [-0.3, -0.25) is 0 Å². The summed E-state index contributed by atoms with van der Waals surface area (Å²) < 4.78 is 5.05. The Kier molecular flexibility index (Phi) is 2.88. The summed E-state index contributed by atoms with van der Waals surface area (Å²) in [5, 5.41) is 10.9. The van der Waals surface area contributed by atoms with Crippen molar-refractivity contribution in [3.63, 3.8) is 0 Å². The minimum absolute atomic E-state index is 1.28. The van der Waals surface area contributed by atoms with Gasteiger partial charge in [0, 0.05) is 59.8 Å². The number of para-hydroxylation sites is 1. The molecule has 0 fully saturated rings. The fraction of sp³-hybridized carbons (Fsp3) is 0.0370. The first-order valence-electron chi connectivity index (χ1n) is 9.95. The monoisotopic (exact) mass is 387 g/mol. The summed E-state index contributed by atoms with van der Waals surface area (Å²) >= 11 is 1.90. The number of nitrogens with zero attached hydrogens (tertiary/aromatic N) is 1. The number of fused-ring (bicyclic) bond motifs is 6. The van der Waals surface area contributed by atoms with Crippen molar-refractivity contribution in [2.24, 2.45) is 7.05 Å². The van der Waals surface area contributed by atoms with Crippen LogP contribution in [0.25, 0.3) is 63.5 Å². The first-order chi connectivity index (χ1) is 14.3. The van der Waals surface area contributed by atoms with Crippen molar-refractivity contribution in [2.75, 3.05) is 0 Å². The highest BCUT2D eigenvalue weighted by Crippen LogP contribution is 2.46. The summed E-state index contributed by atoms with van der Waals surface area (Å²) in [6.45, 7) is 0. The summed E-state index contributed by atoms with van der Waals surface area (Å²) in [6, 6.07) is 31.2. The summed E-state index contributed by atoms with van der Waals surface area (Å²) in [7, 11) is 2.19. The molecule has 2 heterocycles. The Morgan fingerprint density at radius 3 is 1.97 bits per heavy atom. The molecule has 2 heteroatoms.